The van der Waals surface area contributed by atoms with E-state index in [-0.39, 0.29) is 11.9 Å². The summed E-state index contributed by atoms with van der Waals surface area (Å²) in [6.07, 6.45) is -10.2. The van der Waals surface area contributed by atoms with E-state index >= 15 is 0 Å². The third-order valence-corrected chi connectivity index (χ3v) is 2.15. The minimum atomic E-state index is -5.31. The molecule has 0 saturated carbocycles. The summed E-state index contributed by atoms with van der Waals surface area (Å²) in [5.74, 6) is -1.55. The number of alkyl halides is 6. The van der Waals surface area contributed by atoms with Crippen LogP contribution in [0.15, 0.2) is 6.20 Å². The number of pyridine rings is 1. The van der Waals surface area contributed by atoms with Crippen LogP contribution >= 0.6 is 11.6 Å². The third-order valence-electron chi connectivity index (χ3n) is 1.76. The van der Waals surface area contributed by atoms with Gasteiger partial charge in [-0.15, -0.1) is 13.2 Å². The van der Waals surface area contributed by atoms with Gasteiger partial charge in [0, 0.05) is 12.7 Å². The van der Waals surface area contributed by atoms with Gasteiger partial charge < -0.3 is 10.5 Å². The molecule has 0 aromatic carbocycles. The second kappa shape index (κ2) is 4.81. The lowest BCUT2D eigenvalue weighted by Crippen LogP contribution is -2.21. The molecule has 0 saturated heterocycles. The molecule has 18 heavy (non-hydrogen) atoms. The van der Waals surface area contributed by atoms with Crippen LogP contribution in [0.4, 0.5) is 26.3 Å². The van der Waals surface area contributed by atoms with Gasteiger partial charge in [0.2, 0.25) is 0 Å². The van der Waals surface area contributed by atoms with Crippen molar-refractivity contribution in [2.45, 2.75) is 19.1 Å². The Labute approximate surface area is 101 Å². The molecule has 0 spiro atoms. The molecule has 0 aliphatic heterocycles. The van der Waals surface area contributed by atoms with Gasteiger partial charge in [0.1, 0.15) is 10.6 Å². The minimum Gasteiger partial charge on any atom is -0.403 e. The van der Waals surface area contributed by atoms with Gasteiger partial charge in [-0.2, -0.15) is 13.2 Å². The SMILES string of the molecule is NCc1ncc(C(F)(F)F)c(OC(F)(F)F)c1Cl. The highest BCUT2D eigenvalue weighted by atomic mass is 35.5. The zero-order valence-electron chi connectivity index (χ0n) is 8.36. The minimum absolute atomic E-state index is 0.190. The normalized spacial score (nSPS) is 12.7. The number of ether oxygens (including phenoxy) is 1. The first-order chi connectivity index (χ1) is 8.06. The van der Waals surface area contributed by atoms with Gasteiger partial charge >= 0.3 is 12.5 Å². The molecule has 1 aromatic heterocycles. The number of aromatic nitrogens is 1. The fourth-order valence-corrected chi connectivity index (χ4v) is 1.33. The summed E-state index contributed by atoms with van der Waals surface area (Å²) in [6, 6.07) is 0. The van der Waals surface area contributed by atoms with Crippen molar-refractivity contribution in [3.63, 3.8) is 0 Å². The fourth-order valence-electron chi connectivity index (χ4n) is 1.07. The molecule has 3 nitrogen and oxygen atoms in total. The molecule has 102 valence electrons. The van der Waals surface area contributed by atoms with Crippen LogP contribution in [0.3, 0.4) is 0 Å². The summed E-state index contributed by atoms with van der Waals surface area (Å²) in [5.41, 5.74) is 3.03. The van der Waals surface area contributed by atoms with Crippen molar-refractivity contribution in [1.82, 2.24) is 4.98 Å². The Hall–Kier alpha value is -1.22. The van der Waals surface area contributed by atoms with E-state index in [1.165, 1.54) is 0 Å². The predicted molar refractivity (Wildman–Crippen MR) is 48.8 cm³/mol. The Balaban J connectivity index is 3.41. The van der Waals surface area contributed by atoms with Crippen molar-refractivity contribution in [2.24, 2.45) is 5.73 Å². The van der Waals surface area contributed by atoms with E-state index in [0.717, 1.165) is 0 Å². The summed E-state index contributed by atoms with van der Waals surface area (Å²) in [6.45, 7) is -0.425. The van der Waals surface area contributed by atoms with Gasteiger partial charge in [-0.1, -0.05) is 11.6 Å². The standard InChI is InChI=1S/C8H5ClF6N2O/c9-5-4(1-16)17-2-3(7(10,11)12)6(5)18-8(13,14)15/h2H,1,16H2. The first-order valence-corrected chi connectivity index (χ1v) is 4.64. The van der Waals surface area contributed by atoms with E-state index in [4.69, 9.17) is 17.3 Å². The number of halogens is 7. The maximum Gasteiger partial charge on any atom is 0.573 e. The van der Waals surface area contributed by atoms with Crippen LogP contribution < -0.4 is 10.5 Å². The summed E-state index contributed by atoms with van der Waals surface area (Å²) in [5, 5.41) is -0.912. The number of nitrogens with zero attached hydrogens (tertiary/aromatic N) is 1. The maximum atomic E-state index is 12.5. The fraction of sp³-hybridized carbons (Fsp3) is 0.375. The number of nitrogens with two attached hydrogens (primary N) is 1. The second-order valence-corrected chi connectivity index (χ2v) is 3.39. The molecule has 0 aliphatic carbocycles. The lowest BCUT2D eigenvalue weighted by atomic mass is 10.2. The van der Waals surface area contributed by atoms with E-state index in [9.17, 15) is 26.3 Å². The molecule has 0 radical (unpaired) electrons. The summed E-state index contributed by atoms with van der Waals surface area (Å²) in [4.78, 5) is 3.23. The Bertz CT molecular complexity index is 444. The largest absolute Gasteiger partial charge is 0.573 e. The van der Waals surface area contributed by atoms with Gasteiger partial charge in [-0.05, 0) is 0 Å². The van der Waals surface area contributed by atoms with Crippen molar-refractivity contribution in [3.05, 3.63) is 22.5 Å². The van der Waals surface area contributed by atoms with Crippen molar-refractivity contribution >= 4 is 11.6 Å². The Morgan fingerprint density at radius 3 is 2.17 bits per heavy atom. The zero-order chi connectivity index (χ0) is 14.1. The molecule has 0 bridgehead atoms. The predicted octanol–water partition coefficient (Wildman–Crippen LogP) is 3.11. The van der Waals surface area contributed by atoms with Crippen molar-refractivity contribution in [1.29, 1.82) is 0 Å². The average Bonchev–Trinajstić information content (AvgIpc) is 2.17. The summed E-state index contributed by atoms with van der Waals surface area (Å²) >= 11 is 5.36. The maximum absolute atomic E-state index is 12.5. The molecular formula is C8H5ClF6N2O. The van der Waals surface area contributed by atoms with Gasteiger partial charge in [0.05, 0.1) is 5.69 Å². The molecule has 10 heteroatoms. The Morgan fingerprint density at radius 1 is 1.22 bits per heavy atom. The van der Waals surface area contributed by atoms with Crippen LogP contribution in [0.25, 0.3) is 0 Å². The van der Waals surface area contributed by atoms with Crippen molar-refractivity contribution in [3.8, 4) is 5.75 Å². The van der Waals surface area contributed by atoms with Crippen molar-refractivity contribution < 1.29 is 31.1 Å². The second-order valence-electron chi connectivity index (χ2n) is 3.01. The smallest absolute Gasteiger partial charge is 0.403 e. The molecule has 0 amide bonds. The van der Waals surface area contributed by atoms with E-state index in [2.05, 4.69) is 9.72 Å². The topological polar surface area (TPSA) is 48.1 Å². The lowest BCUT2D eigenvalue weighted by molar-refractivity contribution is -0.276. The molecule has 0 aliphatic rings. The lowest BCUT2D eigenvalue weighted by Gasteiger charge is -2.17. The van der Waals surface area contributed by atoms with Crippen molar-refractivity contribution in [2.75, 3.05) is 0 Å². The highest BCUT2D eigenvalue weighted by Gasteiger charge is 2.41. The Morgan fingerprint density at radius 2 is 1.78 bits per heavy atom. The monoisotopic (exact) mass is 294 g/mol. The molecule has 1 heterocycles. The van der Waals surface area contributed by atoms with Gasteiger partial charge in [-0.25, -0.2) is 0 Å². The number of hydrogen-bond donors (Lipinski definition) is 1. The van der Waals surface area contributed by atoms with Crippen LogP contribution in [0.2, 0.25) is 5.02 Å². The molecule has 1 aromatic rings. The average molecular weight is 295 g/mol. The number of rotatable bonds is 2. The third kappa shape index (κ3) is 3.39. The van der Waals surface area contributed by atoms with E-state index < -0.39 is 35.4 Å². The quantitative estimate of drug-likeness (QED) is 0.853. The van der Waals surface area contributed by atoms with Gasteiger partial charge in [0.25, 0.3) is 0 Å². The molecule has 2 N–H and O–H groups in total. The molecule has 0 fully saturated rings. The van der Waals surface area contributed by atoms with E-state index in [1.807, 2.05) is 0 Å². The first kappa shape index (κ1) is 14.8. The summed E-state index contributed by atoms with van der Waals surface area (Å²) in [7, 11) is 0. The highest BCUT2D eigenvalue weighted by Crippen LogP contribution is 2.42. The summed E-state index contributed by atoms with van der Waals surface area (Å²) < 4.78 is 76.7. The zero-order valence-corrected chi connectivity index (χ0v) is 9.12. The number of hydrogen-bond acceptors (Lipinski definition) is 3. The van der Waals surface area contributed by atoms with Gasteiger partial charge in [0.15, 0.2) is 5.75 Å². The molecule has 0 unspecified atom stereocenters. The van der Waals surface area contributed by atoms with Crippen LogP contribution in [-0.4, -0.2) is 11.3 Å². The first-order valence-electron chi connectivity index (χ1n) is 4.26. The highest BCUT2D eigenvalue weighted by molar-refractivity contribution is 6.32. The van der Waals surface area contributed by atoms with Gasteiger partial charge in [-0.3, -0.25) is 4.98 Å². The van der Waals surface area contributed by atoms with Crippen LogP contribution in [0, 0.1) is 0 Å². The van der Waals surface area contributed by atoms with E-state index in [0.29, 0.717) is 0 Å². The van der Waals surface area contributed by atoms with E-state index in [1.54, 1.807) is 0 Å². The van der Waals surface area contributed by atoms with Crippen LogP contribution in [-0.2, 0) is 12.7 Å². The molecule has 0 atom stereocenters. The molecular weight excluding hydrogens is 290 g/mol. The van der Waals surface area contributed by atoms with Crippen LogP contribution in [0.1, 0.15) is 11.3 Å². The molecule has 1 rings (SSSR count). The van der Waals surface area contributed by atoms with Crippen LogP contribution in [0.5, 0.6) is 5.75 Å². The Kier molecular flexibility index (Phi) is 3.96.